The first-order valence-corrected chi connectivity index (χ1v) is 10.4. The fourth-order valence-electron chi connectivity index (χ4n) is 2.37. The number of sulfonamides is 1. The molecule has 2 aromatic carbocycles. The molecule has 2 aromatic heterocycles. The van der Waals surface area contributed by atoms with E-state index in [1.54, 1.807) is 18.2 Å². The predicted molar refractivity (Wildman–Crippen MR) is 99.0 cm³/mol. The summed E-state index contributed by atoms with van der Waals surface area (Å²) in [5.41, 5.74) is 1.62. The van der Waals surface area contributed by atoms with Crippen molar-refractivity contribution >= 4 is 59.5 Å². The fourth-order valence-corrected chi connectivity index (χ4v) is 5.27. The quantitative estimate of drug-likeness (QED) is 0.559. The molecular formula is C15H12N4O3S3. The van der Waals surface area contributed by atoms with Crippen molar-refractivity contribution < 1.29 is 13.2 Å². The lowest BCUT2D eigenvalue weighted by Crippen LogP contribution is -2.13. The number of ether oxygens (including phenoxy) is 1. The molecule has 7 nitrogen and oxygen atoms in total. The highest BCUT2D eigenvalue weighted by molar-refractivity contribution is 7.93. The molecule has 4 rings (SSSR count). The van der Waals surface area contributed by atoms with E-state index in [-0.39, 0.29) is 4.90 Å². The Kier molecular flexibility index (Phi) is 4.02. The van der Waals surface area contributed by atoms with Gasteiger partial charge in [0.1, 0.15) is 21.7 Å². The molecule has 0 saturated carbocycles. The van der Waals surface area contributed by atoms with Gasteiger partial charge < -0.3 is 4.74 Å². The van der Waals surface area contributed by atoms with Crippen molar-refractivity contribution in [2.75, 3.05) is 11.3 Å². The van der Waals surface area contributed by atoms with E-state index >= 15 is 0 Å². The van der Waals surface area contributed by atoms with Crippen molar-refractivity contribution in [2.24, 2.45) is 0 Å². The van der Waals surface area contributed by atoms with Crippen LogP contribution in [0.5, 0.6) is 5.75 Å². The van der Waals surface area contributed by atoms with Crippen LogP contribution in [0, 0.1) is 0 Å². The number of anilines is 1. The summed E-state index contributed by atoms with van der Waals surface area (Å²) in [7, 11) is -3.81. The molecule has 2 heterocycles. The van der Waals surface area contributed by atoms with E-state index in [1.807, 2.05) is 19.1 Å². The maximum atomic E-state index is 12.7. The Labute approximate surface area is 151 Å². The van der Waals surface area contributed by atoms with Crippen molar-refractivity contribution in [3.05, 3.63) is 36.4 Å². The second kappa shape index (κ2) is 6.21. The van der Waals surface area contributed by atoms with E-state index in [1.165, 1.54) is 17.4 Å². The van der Waals surface area contributed by atoms with Crippen molar-refractivity contribution in [1.82, 2.24) is 13.7 Å². The first kappa shape index (κ1) is 16.2. The van der Waals surface area contributed by atoms with E-state index in [0.717, 1.165) is 22.2 Å². The van der Waals surface area contributed by atoms with Crippen molar-refractivity contribution in [3.63, 3.8) is 0 Å². The molecular weight excluding hydrogens is 380 g/mol. The standard InChI is InChI=1S/C15H12N4O3S3/c1-2-22-9-6-7-10-12(8-9)23-15(16-10)19-25(20,21)13-5-3-4-11-14(13)18-24-17-11/h3-8H,2H2,1H3,(H,16,19). The zero-order valence-corrected chi connectivity index (χ0v) is 15.4. The minimum Gasteiger partial charge on any atom is -0.494 e. The van der Waals surface area contributed by atoms with Gasteiger partial charge in [-0.05, 0) is 37.3 Å². The Hall–Kier alpha value is -2.30. The minimum absolute atomic E-state index is 0.0908. The Morgan fingerprint density at radius 2 is 2.04 bits per heavy atom. The number of nitrogens with one attached hydrogen (secondary N) is 1. The van der Waals surface area contributed by atoms with E-state index in [9.17, 15) is 8.42 Å². The van der Waals surface area contributed by atoms with Crippen LogP contribution in [0.3, 0.4) is 0 Å². The molecule has 0 aliphatic rings. The van der Waals surface area contributed by atoms with E-state index in [4.69, 9.17) is 4.74 Å². The first-order chi connectivity index (χ1) is 12.1. The highest BCUT2D eigenvalue weighted by Gasteiger charge is 2.21. The lowest BCUT2D eigenvalue weighted by molar-refractivity contribution is 0.341. The molecule has 0 spiro atoms. The van der Waals surface area contributed by atoms with Gasteiger partial charge >= 0.3 is 0 Å². The number of nitrogens with zero attached hydrogens (tertiary/aromatic N) is 3. The van der Waals surface area contributed by atoms with Gasteiger partial charge in [0.2, 0.25) is 0 Å². The third kappa shape index (κ3) is 3.03. The topological polar surface area (TPSA) is 94.1 Å². The lowest BCUT2D eigenvalue weighted by atomic mass is 10.3. The number of rotatable bonds is 5. The predicted octanol–water partition coefficient (Wildman–Crippen LogP) is 3.50. The second-order valence-electron chi connectivity index (χ2n) is 5.08. The summed E-state index contributed by atoms with van der Waals surface area (Å²) in [4.78, 5) is 4.42. The highest BCUT2D eigenvalue weighted by Crippen LogP contribution is 2.31. The molecule has 0 aliphatic heterocycles. The molecule has 0 unspecified atom stereocenters. The maximum Gasteiger partial charge on any atom is 0.265 e. The van der Waals surface area contributed by atoms with Crippen LogP contribution in [0.2, 0.25) is 0 Å². The monoisotopic (exact) mass is 392 g/mol. The number of thiazole rings is 1. The molecule has 0 atom stereocenters. The van der Waals surface area contributed by atoms with Crippen molar-refractivity contribution in [2.45, 2.75) is 11.8 Å². The van der Waals surface area contributed by atoms with Crippen LogP contribution < -0.4 is 9.46 Å². The maximum absolute atomic E-state index is 12.7. The van der Waals surface area contributed by atoms with E-state index in [0.29, 0.717) is 28.3 Å². The number of hydrogen-bond acceptors (Lipinski definition) is 8. The molecule has 0 radical (unpaired) electrons. The number of aromatic nitrogens is 3. The van der Waals surface area contributed by atoms with Crippen LogP contribution >= 0.6 is 23.1 Å². The Bertz CT molecular complexity index is 1170. The van der Waals surface area contributed by atoms with Gasteiger partial charge in [0.15, 0.2) is 5.13 Å². The summed E-state index contributed by atoms with van der Waals surface area (Å²) in [5.74, 6) is 0.728. The summed E-state index contributed by atoms with van der Waals surface area (Å²) in [6.45, 7) is 2.47. The molecule has 25 heavy (non-hydrogen) atoms. The highest BCUT2D eigenvalue weighted by atomic mass is 32.2. The molecule has 128 valence electrons. The van der Waals surface area contributed by atoms with Crippen LogP contribution in [-0.4, -0.2) is 28.8 Å². The molecule has 0 fully saturated rings. The fraction of sp³-hybridized carbons (Fsp3) is 0.133. The van der Waals surface area contributed by atoms with Crippen LogP contribution in [-0.2, 0) is 10.0 Å². The number of fused-ring (bicyclic) bond motifs is 2. The van der Waals surface area contributed by atoms with Gasteiger partial charge in [0.05, 0.1) is 28.6 Å². The molecule has 0 bridgehead atoms. The smallest absolute Gasteiger partial charge is 0.265 e. The zero-order valence-electron chi connectivity index (χ0n) is 13.0. The van der Waals surface area contributed by atoms with Crippen LogP contribution in [0.25, 0.3) is 21.3 Å². The summed E-state index contributed by atoms with van der Waals surface area (Å²) >= 11 is 2.23. The van der Waals surface area contributed by atoms with E-state index < -0.39 is 10.0 Å². The number of hydrogen-bond donors (Lipinski definition) is 1. The average Bonchev–Trinajstić information content (AvgIpc) is 3.19. The normalized spacial score (nSPS) is 11.9. The summed E-state index contributed by atoms with van der Waals surface area (Å²) in [6, 6.07) is 10.3. The molecule has 0 amide bonds. The summed E-state index contributed by atoms with van der Waals surface area (Å²) in [6.07, 6.45) is 0. The van der Waals surface area contributed by atoms with Gasteiger partial charge in [0.25, 0.3) is 10.0 Å². The average molecular weight is 392 g/mol. The SMILES string of the molecule is CCOc1ccc2nc(NS(=O)(=O)c3cccc4nsnc34)sc2c1. The molecule has 0 saturated heterocycles. The Morgan fingerprint density at radius 3 is 2.88 bits per heavy atom. The van der Waals surface area contributed by atoms with E-state index in [2.05, 4.69) is 18.5 Å². The summed E-state index contributed by atoms with van der Waals surface area (Å²) < 4.78 is 42.4. The summed E-state index contributed by atoms with van der Waals surface area (Å²) in [5, 5.41) is 0.295. The van der Waals surface area contributed by atoms with Gasteiger partial charge in [0, 0.05) is 0 Å². The second-order valence-corrected chi connectivity index (χ2v) is 8.29. The third-order valence-electron chi connectivity index (χ3n) is 3.43. The first-order valence-electron chi connectivity index (χ1n) is 7.34. The molecule has 0 aliphatic carbocycles. The lowest BCUT2D eigenvalue weighted by Gasteiger charge is -2.04. The van der Waals surface area contributed by atoms with Gasteiger partial charge in [-0.25, -0.2) is 13.4 Å². The van der Waals surface area contributed by atoms with Crippen molar-refractivity contribution in [1.29, 1.82) is 0 Å². The Morgan fingerprint density at radius 1 is 1.16 bits per heavy atom. The van der Waals surface area contributed by atoms with Crippen molar-refractivity contribution in [3.8, 4) is 5.75 Å². The van der Waals surface area contributed by atoms with Gasteiger partial charge in [-0.3, -0.25) is 4.72 Å². The molecule has 1 N–H and O–H groups in total. The van der Waals surface area contributed by atoms with Crippen LogP contribution in [0.1, 0.15) is 6.92 Å². The van der Waals surface area contributed by atoms with Gasteiger partial charge in [-0.2, -0.15) is 8.75 Å². The molecule has 4 aromatic rings. The number of benzene rings is 2. The molecule has 10 heteroatoms. The minimum atomic E-state index is -3.81. The third-order valence-corrected chi connectivity index (χ3v) is 6.41. The van der Waals surface area contributed by atoms with Crippen LogP contribution in [0.4, 0.5) is 5.13 Å². The van der Waals surface area contributed by atoms with Gasteiger partial charge in [-0.1, -0.05) is 17.4 Å². The van der Waals surface area contributed by atoms with Gasteiger partial charge in [-0.15, -0.1) is 0 Å². The van der Waals surface area contributed by atoms with Crippen LogP contribution in [0.15, 0.2) is 41.3 Å². The largest absolute Gasteiger partial charge is 0.494 e. The Balaban J connectivity index is 1.71. The zero-order chi connectivity index (χ0) is 17.4.